The van der Waals surface area contributed by atoms with E-state index in [4.69, 9.17) is 4.74 Å². The molecule has 2 heteroatoms. The van der Waals surface area contributed by atoms with Gasteiger partial charge >= 0.3 is 0 Å². The van der Waals surface area contributed by atoms with Gasteiger partial charge in [0.15, 0.2) is 0 Å². The number of unbranched alkanes of at least 4 members (excludes halogenated alkanes) is 3. The van der Waals surface area contributed by atoms with E-state index in [2.05, 4.69) is 44.7 Å². The van der Waals surface area contributed by atoms with Crippen molar-refractivity contribution in [2.24, 2.45) is 0 Å². The molecule has 17 heavy (non-hydrogen) atoms. The van der Waals surface area contributed by atoms with Gasteiger partial charge in [-0.05, 0) is 36.1 Å². The summed E-state index contributed by atoms with van der Waals surface area (Å²) in [5.74, 6) is 2.57. The van der Waals surface area contributed by atoms with Gasteiger partial charge in [0.1, 0.15) is 5.75 Å². The van der Waals surface area contributed by atoms with Crippen LogP contribution in [0.3, 0.4) is 0 Å². The van der Waals surface area contributed by atoms with Crippen LogP contribution in [0.5, 0.6) is 5.75 Å². The standard InChI is InChI=1S/C15H24OS/c1-13(2)14-9-5-6-10-15(14)16-11-7-3-4-8-12-17/h5-6,9-10,13,17H,3-4,7-8,11-12H2,1-2H3. The monoisotopic (exact) mass is 252 g/mol. The topological polar surface area (TPSA) is 9.23 Å². The zero-order chi connectivity index (χ0) is 12.5. The Hall–Kier alpha value is -0.630. The Morgan fingerprint density at radius 3 is 2.47 bits per heavy atom. The summed E-state index contributed by atoms with van der Waals surface area (Å²) in [6.45, 7) is 5.24. The second-order valence-electron chi connectivity index (χ2n) is 4.68. The van der Waals surface area contributed by atoms with Crippen molar-refractivity contribution in [2.75, 3.05) is 12.4 Å². The molecular weight excluding hydrogens is 228 g/mol. The van der Waals surface area contributed by atoms with Crippen molar-refractivity contribution < 1.29 is 4.74 Å². The second-order valence-corrected chi connectivity index (χ2v) is 5.13. The molecule has 0 N–H and O–H groups in total. The minimum absolute atomic E-state index is 0.524. The van der Waals surface area contributed by atoms with Gasteiger partial charge in [0.05, 0.1) is 6.61 Å². The molecule has 1 rings (SSSR count). The van der Waals surface area contributed by atoms with Crippen LogP contribution >= 0.6 is 12.6 Å². The van der Waals surface area contributed by atoms with Crippen LogP contribution < -0.4 is 4.74 Å². The summed E-state index contributed by atoms with van der Waals surface area (Å²) in [5.41, 5.74) is 1.31. The average molecular weight is 252 g/mol. The smallest absolute Gasteiger partial charge is 0.122 e. The van der Waals surface area contributed by atoms with Crippen molar-refractivity contribution in [3.05, 3.63) is 29.8 Å². The Kier molecular flexibility index (Phi) is 7.18. The van der Waals surface area contributed by atoms with Crippen LogP contribution in [0, 0.1) is 0 Å². The predicted octanol–water partition coefficient (Wildman–Crippen LogP) is 4.68. The highest BCUT2D eigenvalue weighted by Gasteiger charge is 2.05. The Morgan fingerprint density at radius 2 is 1.76 bits per heavy atom. The first-order chi connectivity index (χ1) is 8.25. The molecule has 0 aliphatic rings. The van der Waals surface area contributed by atoms with Gasteiger partial charge in [0.2, 0.25) is 0 Å². The number of rotatable bonds is 8. The third-order valence-electron chi connectivity index (χ3n) is 2.85. The molecule has 0 aromatic heterocycles. The molecule has 0 saturated heterocycles. The molecular formula is C15H24OS. The van der Waals surface area contributed by atoms with Crippen molar-refractivity contribution in [1.29, 1.82) is 0 Å². The predicted molar refractivity (Wildman–Crippen MR) is 78.3 cm³/mol. The molecule has 0 saturated carbocycles. The molecule has 96 valence electrons. The molecule has 0 radical (unpaired) electrons. The summed E-state index contributed by atoms with van der Waals surface area (Å²) in [6.07, 6.45) is 4.86. The highest BCUT2D eigenvalue weighted by molar-refractivity contribution is 7.80. The first kappa shape index (κ1) is 14.4. The van der Waals surface area contributed by atoms with E-state index in [9.17, 15) is 0 Å². The third-order valence-corrected chi connectivity index (χ3v) is 3.17. The van der Waals surface area contributed by atoms with E-state index in [0.29, 0.717) is 5.92 Å². The van der Waals surface area contributed by atoms with Gasteiger partial charge in [-0.3, -0.25) is 0 Å². The summed E-state index contributed by atoms with van der Waals surface area (Å²) in [4.78, 5) is 0. The minimum atomic E-state index is 0.524. The second kappa shape index (κ2) is 8.46. The number of para-hydroxylation sites is 1. The lowest BCUT2D eigenvalue weighted by Crippen LogP contribution is -2.01. The van der Waals surface area contributed by atoms with Gasteiger partial charge in [-0.1, -0.05) is 44.9 Å². The maximum atomic E-state index is 5.86. The Balaban J connectivity index is 2.31. The van der Waals surface area contributed by atoms with Crippen LogP contribution in [0.2, 0.25) is 0 Å². The molecule has 0 amide bonds. The van der Waals surface area contributed by atoms with E-state index in [-0.39, 0.29) is 0 Å². The van der Waals surface area contributed by atoms with Crippen LogP contribution in [-0.4, -0.2) is 12.4 Å². The molecule has 0 bridgehead atoms. The molecule has 0 aliphatic heterocycles. The molecule has 0 atom stereocenters. The summed E-state index contributed by atoms with van der Waals surface area (Å²) in [5, 5.41) is 0. The Bertz CT molecular complexity index is 310. The molecule has 1 aromatic carbocycles. The number of hydrogen-bond acceptors (Lipinski definition) is 2. The number of benzene rings is 1. The normalized spacial score (nSPS) is 10.8. The number of hydrogen-bond donors (Lipinski definition) is 1. The van der Waals surface area contributed by atoms with Crippen LogP contribution in [0.15, 0.2) is 24.3 Å². The Morgan fingerprint density at radius 1 is 1.06 bits per heavy atom. The van der Waals surface area contributed by atoms with E-state index in [0.717, 1.165) is 24.5 Å². The van der Waals surface area contributed by atoms with Gasteiger partial charge < -0.3 is 4.74 Å². The zero-order valence-electron chi connectivity index (χ0n) is 11.0. The first-order valence-corrected chi connectivity index (χ1v) is 7.21. The largest absolute Gasteiger partial charge is 0.493 e. The molecule has 0 spiro atoms. The lowest BCUT2D eigenvalue weighted by Gasteiger charge is -2.13. The lowest BCUT2D eigenvalue weighted by molar-refractivity contribution is 0.301. The maximum Gasteiger partial charge on any atom is 0.122 e. The van der Waals surface area contributed by atoms with Crippen molar-refractivity contribution in [3.63, 3.8) is 0 Å². The number of thiol groups is 1. The lowest BCUT2D eigenvalue weighted by atomic mass is 10.0. The average Bonchev–Trinajstić information content (AvgIpc) is 2.34. The van der Waals surface area contributed by atoms with Gasteiger partial charge in [-0.2, -0.15) is 12.6 Å². The highest BCUT2D eigenvalue weighted by Crippen LogP contribution is 2.25. The van der Waals surface area contributed by atoms with Crippen molar-refractivity contribution in [2.45, 2.75) is 45.4 Å². The third kappa shape index (κ3) is 5.49. The van der Waals surface area contributed by atoms with E-state index in [1.165, 1.54) is 24.8 Å². The van der Waals surface area contributed by atoms with Gasteiger partial charge in [-0.15, -0.1) is 0 Å². The molecule has 0 heterocycles. The molecule has 1 nitrogen and oxygen atoms in total. The summed E-state index contributed by atoms with van der Waals surface area (Å²) < 4.78 is 5.86. The van der Waals surface area contributed by atoms with Crippen molar-refractivity contribution >= 4 is 12.6 Å². The van der Waals surface area contributed by atoms with Crippen LogP contribution in [-0.2, 0) is 0 Å². The quantitative estimate of drug-likeness (QED) is 0.522. The summed E-state index contributed by atoms with van der Waals surface area (Å²) in [6, 6.07) is 8.35. The van der Waals surface area contributed by atoms with Crippen LogP contribution in [0.4, 0.5) is 0 Å². The zero-order valence-corrected chi connectivity index (χ0v) is 11.9. The SMILES string of the molecule is CC(C)c1ccccc1OCCCCCCS. The summed E-state index contributed by atoms with van der Waals surface area (Å²) >= 11 is 4.21. The molecule has 0 fully saturated rings. The van der Waals surface area contributed by atoms with E-state index >= 15 is 0 Å². The van der Waals surface area contributed by atoms with Gasteiger partial charge in [-0.25, -0.2) is 0 Å². The first-order valence-electron chi connectivity index (χ1n) is 6.58. The van der Waals surface area contributed by atoms with E-state index in [1.807, 2.05) is 6.07 Å². The fourth-order valence-electron chi connectivity index (χ4n) is 1.84. The minimum Gasteiger partial charge on any atom is -0.493 e. The molecule has 0 aliphatic carbocycles. The fraction of sp³-hybridized carbons (Fsp3) is 0.600. The molecule has 0 unspecified atom stereocenters. The van der Waals surface area contributed by atoms with Gasteiger partial charge in [0, 0.05) is 0 Å². The van der Waals surface area contributed by atoms with Crippen molar-refractivity contribution in [3.8, 4) is 5.75 Å². The molecule has 1 aromatic rings. The van der Waals surface area contributed by atoms with E-state index in [1.54, 1.807) is 0 Å². The number of ether oxygens (including phenoxy) is 1. The van der Waals surface area contributed by atoms with Crippen LogP contribution in [0.25, 0.3) is 0 Å². The fourth-order valence-corrected chi connectivity index (χ4v) is 2.06. The van der Waals surface area contributed by atoms with Gasteiger partial charge in [0.25, 0.3) is 0 Å². The Labute approximate surface area is 111 Å². The van der Waals surface area contributed by atoms with Crippen molar-refractivity contribution in [1.82, 2.24) is 0 Å². The van der Waals surface area contributed by atoms with E-state index < -0.39 is 0 Å². The maximum absolute atomic E-state index is 5.86. The van der Waals surface area contributed by atoms with Crippen LogP contribution in [0.1, 0.15) is 51.0 Å². The highest BCUT2D eigenvalue weighted by atomic mass is 32.1. The summed E-state index contributed by atoms with van der Waals surface area (Å²) in [7, 11) is 0.